The molecule has 1 aromatic heterocycles. The summed E-state index contributed by atoms with van der Waals surface area (Å²) in [5.41, 5.74) is 5.45. The second kappa shape index (κ2) is 4.70. The quantitative estimate of drug-likeness (QED) is 0.841. The number of nitrogens with one attached hydrogen (secondary N) is 1. The first-order valence-electron chi connectivity index (χ1n) is 5.90. The van der Waals surface area contributed by atoms with Crippen molar-refractivity contribution in [3.63, 3.8) is 0 Å². The Bertz CT molecular complexity index is 419. The number of anilines is 1. The summed E-state index contributed by atoms with van der Waals surface area (Å²) in [5.74, 6) is 0.385. The zero-order valence-corrected chi connectivity index (χ0v) is 11.0. The predicted octanol–water partition coefficient (Wildman–Crippen LogP) is 1.69. The van der Waals surface area contributed by atoms with Crippen molar-refractivity contribution >= 4 is 22.4 Å². The highest BCUT2D eigenvalue weighted by Gasteiger charge is 2.38. The number of aromatic nitrogens is 2. The van der Waals surface area contributed by atoms with Crippen LogP contribution in [-0.4, -0.2) is 21.6 Å². The molecular weight excluding hydrogens is 236 g/mol. The summed E-state index contributed by atoms with van der Waals surface area (Å²) in [7, 11) is 0. The van der Waals surface area contributed by atoms with E-state index in [4.69, 9.17) is 5.73 Å². The van der Waals surface area contributed by atoms with Gasteiger partial charge in [0.25, 0.3) is 0 Å². The third-order valence-corrected chi connectivity index (χ3v) is 3.99. The van der Waals surface area contributed by atoms with Crippen molar-refractivity contribution in [2.24, 2.45) is 11.7 Å². The van der Waals surface area contributed by atoms with Gasteiger partial charge in [-0.25, -0.2) is 0 Å². The van der Waals surface area contributed by atoms with E-state index in [-0.39, 0.29) is 5.91 Å². The molecule has 1 aliphatic carbocycles. The number of hydrogen-bond acceptors (Lipinski definition) is 5. The summed E-state index contributed by atoms with van der Waals surface area (Å²) in [6, 6.07) is 0. The van der Waals surface area contributed by atoms with E-state index in [0.29, 0.717) is 11.0 Å². The molecule has 0 spiro atoms. The average molecular weight is 254 g/mol. The van der Waals surface area contributed by atoms with Gasteiger partial charge in [0, 0.05) is 0 Å². The number of aryl methyl sites for hydroxylation is 1. The van der Waals surface area contributed by atoms with E-state index in [9.17, 15) is 4.79 Å². The van der Waals surface area contributed by atoms with E-state index in [0.717, 1.165) is 30.7 Å². The van der Waals surface area contributed by atoms with E-state index in [1.54, 1.807) is 0 Å². The van der Waals surface area contributed by atoms with Gasteiger partial charge in [-0.15, -0.1) is 10.2 Å². The first-order chi connectivity index (χ1) is 7.99. The summed E-state index contributed by atoms with van der Waals surface area (Å²) in [4.78, 5) is 12.1. The van der Waals surface area contributed by atoms with Crippen molar-refractivity contribution in [2.75, 3.05) is 5.32 Å². The Kier molecular flexibility index (Phi) is 3.44. The molecule has 2 atom stereocenters. The minimum atomic E-state index is -0.739. The van der Waals surface area contributed by atoms with Gasteiger partial charge in [0.05, 0.1) is 5.54 Å². The molecule has 0 bridgehead atoms. The minimum Gasteiger partial charge on any atom is -0.317 e. The lowest BCUT2D eigenvalue weighted by Crippen LogP contribution is -2.53. The highest BCUT2D eigenvalue weighted by Crippen LogP contribution is 2.31. The molecule has 0 aromatic carbocycles. The fourth-order valence-electron chi connectivity index (χ4n) is 2.37. The van der Waals surface area contributed by atoms with Crippen molar-refractivity contribution in [3.05, 3.63) is 5.01 Å². The Morgan fingerprint density at radius 1 is 1.59 bits per heavy atom. The third kappa shape index (κ3) is 2.81. The molecule has 0 radical (unpaired) electrons. The largest absolute Gasteiger partial charge is 0.317 e. The summed E-state index contributed by atoms with van der Waals surface area (Å²) in [6.45, 7) is 4.00. The molecule has 1 aliphatic rings. The van der Waals surface area contributed by atoms with Crippen LogP contribution in [0.3, 0.4) is 0 Å². The molecule has 2 unspecified atom stereocenters. The number of nitrogens with zero attached hydrogens (tertiary/aromatic N) is 2. The molecule has 94 valence electrons. The van der Waals surface area contributed by atoms with Crippen LogP contribution in [0.5, 0.6) is 0 Å². The second-order valence-electron chi connectivity index (χ2n) is 4.94. The summed E-state index contributed by atoms with van der Waals surface area (Å²) in [6.07, 6.45) is 3.67. The third-order valence-electron chi connectivity index (χ3n) is 3.23. The number of rotatable bonds is 2. The molecule has 3 N–H and O–H groups in total. The molecule has 1 heterocycles. The van der Waals surface area contributed by atoms with Crippen molar-refractivity contribution in [2.45, 2.75) is 45.1 Å². The Labute approximate surface area is 105 Å². The SMILES string of the molecule is Cc1nnc(NC(=O)C2(N)CCCC(C)C2)s1. The van der Waals surface area contributed by atoms with Crippen LogP contribution in [0.2, 0.25) is 0 Å². The monoisotopic (exact) mass is 254 g/mol. The number of hydrogen-bond donors (Lipinski definition) is 2. The lowest BCUT2D eigenvalue weighted by atomic mass is 9.76. The highest BCUT2D eigenvalue weighted by atomic mass is 32.1. The zero-order valence-electron chi connectivity index (χ0n) is 10.2. The lowest BCUT2D eigenvalue weighted by molar-refractivity contribution is -0.122. The van der Waals surface area contributed by atoms with Crippen LogP contribution in [0.4, 0.5) is 5.13 Å². The standard InChI is InChI=1S/C11H18N4OS/c1-7-4-3-5-11(12,6-7)9(16)13-10-15-14-8(2)17-10/h7H,3-6,12H2,1-2H3,(H,13,15,16). The molecular formula is C11H18N4OS. The zero-order chi connectivity index (χ0) is 12.5. The first-order valence-corrected chi connectivity index (χ1v) is 6.72. The Balaban J connectivity index is 2.03. The number of carbonyl (C=O) groups is 1. The Morgan fingerprint density at radius 3 is 2.94 bits per heavy atom. The van der Waals surface area contributed by atoms with Gasteiger partial charge in [0.1, 0.15) is 5.01 Å². The smallest absolute Gasteiger partial charge is 0.246 e. The average Bonchev–Trinajstić information content (AvgIpc) is 2.63. The molecule has 2 rings (SSSR count). The van der Waals surface area contributed by atoms with Gasteiger partial charge in [-0.3, -0.25) is 10.1 Å². The summed E-state index contributed by atoms with van der Waals surface area (Å²) >= 11 is 1.37. The van der Waals surface area contributed by atoms with E-state index in [2.05, 4.69) is 22.4 Å². The summed E-state index contributed by atoms with van der Waals surface area (Å²) < 4.78 is 0. The minimum absolute atomic E-state index is 0.125. The molecule has 1 fully saturated rings. The fraction of sp³-hybridized carbons (Fsp3) is 0.727. The van der Waals surface area contributed by atoms with E-state index in [1.165, 1.54) is 11.3 Å². The molecule has 1 saturated carbocycles. The number of nitrogens with two attached hydrogens (primary N) is 1. The molecule has 5 nitrogen and oxygen atoms in total. The fourth-order valence-corrected chi connectivity index (χ4v) is 2.95. The van der Waals surface area contributed by atoms with Crippen LogP contribution in [0.25, 0.3) is 0 Å². The molecule has 1 aromatic rings. The molecule has 1 amide bonds. The van der Waals surface area contributed by atoms with Crippen LogP contribution >= 0.6 is 11.3 Å². The van der Waals surface area contributed by atoms with Crippen molar-refractivity contribution < 1.29 is 4.79 Å². The van der Waals surface area contributed by atoms with Crippen LogP contribution < -0.4 is 11.1 Å². The van der Waals surface area contributed by atoms with Gasteiger partial charge >= 0.3 is 0 Å². The van der Waals surface area contributed by atoms with Crippen LogP contribution in [-0.2, 0) is 4.79 Å². The van der Waals surface area contributed by atoms with Crippen LogP contribution in [0.1, 0.15) is 37.6 Å². The molecule has 17 heavy (non-hydrogen) atoms. The maximum Gasteiger partial charge on any atom is 0.246 e. The van der Waals surface area contributed by atoms with Gasteiger partial charge in [0.2, 0.25) is 11.0 Å². The van der Waals surface area contributed by atoms with Crippen molar-refractivity contribution in [3.8, 4) is 0 Å². The van der Waals surface area contributed by atoms with E-state index in [1.807, 2.05) is 6.92 Å². The predicted molar refractivity (Wildman–Crippen MR) is 67.8 cm³/mol. The molecule has 0 saturated heterocycles. The van der Waals surface area contributed by atoms with Crippen LogP contribution in [0, 0.1) is 12.8 Å². The van der Waals surface area contributed by atoms with Crippen molar-refractivity contribution in [1.29, 1.82) is 0 Å². The normalized spacial score (nSPS) is 29.0. The Hall–Kier alpha value is -1.01. The van der Waals surface area contributed by atoms with Gasteiger partial charge in [-0.05, 0) is 25.7 Å². The number of amides is 1. The van der Waals surface area contributed by atoms with Crippen LogP contribution in [0.15, 0.2) is 0 Å². The molecule has 0 aliphatic heterocycles. The second-order valence-corrected chi connectivity index (χ2v) is 6.12. The highest BCUT2D eigenvalue weighted by molar-refractivity contribution is 7.15. The lowest BCUT2D eigenvalue weighted by Gasteiger charge is -2.34. The van der Waals surface area contributed by atoms with Crippen molar-refractivity contribution in [1.82, 2.24) is 10.2 Å². The molecule has 6 heteroatoms. The van der Waals surface area contributed by atoms with E-state index < -0.39 is 5.54 Å². The van der Waals surface area contributed by atoms with Gasteiger partial charge in [0.15, 0.2) is 0 Å². The maximum absolute atomic E-state index is 12.1. The maximum atomic E-state index is 12.1. The van der Waals surface area contributed by atoms with Gasteiger partial charge in [-0.1, -0.05) is 31.1 Å². The summed E-state index contributed by atoms with van der Waals surface area (Å²) in [5, 5.41) is 11.9. The van der Waals surface area contributed by atoms with Gasteiger partial charge in [-0.2, -0.15) is 0 Å². The van der Waals surface area contributed by atoms with E-state index >= 15 is 0 Å². The number of carbonyl (C=O) groups excluding carboxylic acids is 1. The first kappa shape index (κ1) is 12.4. The topological polar surface area (TPSA) is 80.9 Å². The Morgan fingerprint density at radius 2 is 2.35 bits per heavy atom. The van der Waals surface area contributed by atoms with Gasteiger partial charge < -0.3 is 5.73 Å².